The molecule has 0 spiro atoms. The van der Waals surface area contributed by atoms with Gasteiger partial charge < -0.3 is 4.98 Å². The van der Waals surface area contributed by atoms with Gasteiger partial charge in [-0.05, 0) is 54.6 Å². The average Bonchev–Trinajstić information content (AvgIpc) is 2.46. The van der Waals surface area contributed by atoms with E-state index in [4.69, 9.17) is 0 Å². The number of hydrogen-bond acceptors (Lipinski definition) is 3. The van der Waals surface area contributed by atoms with Crippen molar-refractivity contribution in [1.82, 2.24) is 9.97 Å². The zero-order chi connectivity index (χ0) is 15.0. The van der Waals surface area contributed by atoms with Crippen molar-refractivity contribution in [3.05, 3.63) is 63.7 Å². The fraction of sp³-hybridized carbons (Fsp3) is 0.176. The Labute approximate surface area is 128 Å². The predicted octanol–water partition coefficient (Wildman–Crippen LogP) is 3.64. The summed E-state index contributed by atoms with van der Waals surface area (Å²) < 4.78 is 0. The summed E-state index contributed by atoms with van der Waals surface area (Å²) in [6.45, 7) is 4.00. The van der Waals surface area contributed by atoms with Crippen molar-refractivity contribution in [2.45, 2.75) is 19.6 Å². The van der Waals surface area contributed by atoms with Crippen LogP contribution in [0.4, 0.5) is 0 Å². The van der Waals surface area contributed by atoms with E-state index in [1.807, 2.05) is 26.0 Å². The van der Waals surface area contributed by atoms with Crippen LogP contribution in [-0.4, -0.2) is 9.97 Å². The zero-order valence-electron chi connectivity index (χ0n) is 12.0. The lowest BCUT2D eigenvalue weighted by atomic mass is 9.99. The summed E-state index contributed by atoms with van der Waals surface area (Å²) in [5.74, 6) is 0.572. The van der Waals surface area contributed by atoms with E-state index in [1.165, 1.54) is 0 Å². The van der Waals surface area contributed by atoms with Crippen LogP contribution in [-0.2, 0) is 5.75 Å². The normalized spacial score (nSPS) is 11.0. The first-order valence-electron chi connectivity index (χ1n) is 6.80. The Morgan fingerprint density at radius 2 is 1.95 bits per heavy atom. The summed E-state index contributed by atoms with van der Waals surface area (Å²) in [5.41, 5.74) is 6.01. The third-order valence-electron chi connectivity index (χ3n) is 3.62. The van der Waals surface area contributed by atoms with E-state index in [1.54, 1.807) is 6.07 Å². The Bertz CT molecular complexity index is 884. The lowest BCUT2D eigenvalue weighted by molar-refractivity contribution is 1.12. The highest BCUT2D eigenvalue weighted by molar-refractivity contribution is 7.79. The van der Waals surface area contributed by atoms with E-state index >= 15 is 0 Å². The molecule has 4 heteroatoms. The predicted molar refractivity (Wildman–Crippen MR) is 90.0 cm³/mol. The number of hydrogen-bond donors (Lipinski definition) is 2. The molecule has 0 amide bonds. The van der Waals surface area contributed by atoms with Gasteiger partial charge in [-0.2, -0.15) is 12.6 Å². The van der Waals surface area contributed by atoms with Crippen molar-refractivity contribution in [1.29, 1.82) is 0 Å². The van der Waals surface area contributed by atoms with Gasteiger partial charge in [0.15, 0.2) is 0 Å². The molecule has 0 fully saturated rings. The first-order valence-corrected chi connectivity index (χ1v) is 7.43. The van der Waals surface area contributed by atoms with Gasteiger partial charge in [-0.15, -0.1) is 0 Å². The molecule has 3 nitrogen and oxygen atoms in total. The standard InChI is InChI=1S/C17H16N2OS/c1-10-3-5-15(11(2)18-10)13-7-12-4-6-16(20)19-17(12)14(8-13)9-21/h3-8,21H,9H2,1-2H3,(H,19,20). The second-order valence-electron chi connectivity index (χ2n) is 5.17. The second kappa shape index (κ2) is 5.37. The molecule has 2 aromatic heterocycles. The molecule has 0 saturated carbocycles. The maximum absolute atomic E-state index is 11.5. The summed E-state index contributed by atoms with van der Waals surface area (Å²) in [6, 6.07) is 11.7. The van der Waals surface area contributed by atoms with Crippen LogP contribution in [0.15, 0.2) is 41.2 Å². The summed E-state index contributed by atoms with van der Waals surface area (Å²) >= 11 is 4.38. The smallest absolute Gasteiger partial charge is 0.248 e. The van der Waals surface area contributed by atoms with E-state index in [0.717, 1.165) is 39.0 Å². The van der Waals surface area contributed by atoms with Crippen LogP contribution in [0.1, 0.15) is 17.0 Å². The number of rotatable bonds is 2. The van der Waals surface area contributed by atoms with Gasteiger partial charge in [-0.25, -0.2) is 0 Å². The van der Waals surface area contributed by atoms with Crippen molar-refractivity contribution in [3.63, 3.8) is 0 Å². The fourth-order valence-corrected chi connectivity index (χ4v) is 2.86. The molecule has 0 aliphatic carbocycles. The van der Waals surface area contributed by atoms with Crippen LogP contribution < -0.4 is 5.56 Å². The molecule has 0 aliphatic heterocycles. The monoisotopic (exact) mass is 296 g/mol. The fourth-order valence-electron chi connectivity index (χ4n) is 2.61. The Hall–Kier alpha value is -2.07. The molecule has 0 unspecified atom stereocenters. The lowest BCUT2D eigenvalue weighted by Gasteiger charge is -2.11. The highest BCUT2D eigenvalue weighted by Crippen LogP contribution is 2.28. The summed E-state index contributed by atoms with van der Waals surface area (Å²) in [5, 5.41) is 1.01. The Morgan fingerprint density at radius 1 is 1.14 bits per heavy atom. The molecule has 0 radical (unpaired) electrons. The van der Waals surface area contributed by atoms with Gasteiger partial charge in [0.25, 0.3) is 0 Å². The van der Waals surface area contributed by atoms with Gasteiger partial charge in [0, 0.05) is 28.8 Å². The number of aromatic amines is 1. The van der Waals surface area contributed by atoms with Crippen molar-refractivity contribution in [3.8, 4) is 11.1 Å². The van der Waals surface area contributed by atoms with Crippen LogP contribution in [0.3, 0.4) is 0 Å². The van der Waals surface area contributed by atoms with Gasteiger partial charge in [0.2, 0.25) is 5.56 Å². The van der Waals surface area contributed by atoms with E-state index in [2.05, 4.69) is 40.8 Å². The van der Waals surface area contributed by atoms with E-state index in [9.17, 15) is 4.79 Å². The number of aryl methyl sites for hydroxylation is 2. The number of H-pyrrole nitrogens is 1. The van der Waals surface area contributed by atoms with E-state index < -0.39 is 0 Å². The highest BCUT2D eigenvalue weighted by atomic mass is 32.1. The molecular formula is C17H16N2OS. The van der Waals surface area contributed by atoms with Crippen LogP contribution in [0.25, 0.3) is 22.0 Å². The molecule has 3 rings (SSSR count). The molecule has 1 N–H and O–H groups in total. The number of aromatic nitrogens is 2. The Kier molecular flexibility index (Phi) is 3.55. The summed E-state index contributed by atoms with van der Waals surface area (Å²) in [4.78, 5) is 18.9. The van der Waals surface area contributed by atoms with Crippen molar-refractivity contribution >= 4 is 23.5 Å². The number of benzene rings is 1. The first-order chi connectivity index (χ1) is 10.1. The second-order valence-corrected chi connectivity index (χ2v) is 5.48. The molecule has 0 bridgehead atoms. The van der Waals surface area contributed by atoms with Crippen LogP contribution in [0.5, 0.6) is 0 Å². The third kappa shape index (κ3) is 2.59. The third-order valence-corrected chi connectivity index (χ3v) is 3.96. The Balaban J connectivity index is 2.29. The van der Waals surface area contributed by atoms with Crippen LogP contribution >= 0.6 is 12.6 Å². The average molecular weight is 296 g/mol. The molecule has 106 valence electrons. The maximum Gasteiger partial charge on any atom is 0.248 e. The minimum absolute atomic E-state index is 0.0912. The van der Waals surface area contributed by atoms with Gasteiger partial charge in [0.1, 0.15) is 0 Å². The quantitative estimate of drug-likeness (QED) is 0.709. The summed E-state index contributed by atoms with van der Waals surface area (Å²) in [7, 11) is 0. The van der Waals surface area contributed by atoms with Gasteiger partial charge in [-0.1, -0.05) is 6.07 Å². The number of nitrogens with zero attached hydrogens (tertiary/aromatic N) is 1. The zero-order valence-corrected chi connectivity index (χ0v) is 12.9. The minimum Gasteiger partial charge on any atom is -0.322 e. The number of thiol groups is 1. The minimum atomic E-state index is -0.0912. The summed E-state index contributed by atoms with van der Waals surface area (Å²) in [6.07, 6.45) is 0. The Morgan fingerprint density at radius 3 is 2.67 bits per heavy atom. The molecule has 0 atom stereocenters. The SMILES string of the molecule is Cc1ccc(-c2cc(CS)c3[nH]c(=O)ccc3c2)c(C)n1. The molecule has 21 heavy (non-hydrogen) atoms. The number of fused-ring (bicyclic) bond motifs is 1. The van der Waals surface area contributed by atoms with E-state index in [-0.39, 0.29) is 5.56 Å². The van der Waals surface area contributed by atoms with Gasteiger partial charge in [-0.3, -0.25) is 9.78 Å². The first kappa shape index (κ1) is 13.9. The van der Waals surface area contributed by atoms with Crippen molar-refractivity contribution in [2.24, 2.45) is 0 Å². The molecule has 1 aromatic carbocycles. The molecular weight excluding hydrogens is 280 g/mol. The van der Waals surface area contributed by atoms with Crippen LogP contribution in [0, 0.1) is 13.8 Å². The van der Waals surface area contributed by atoms with Crippen molar-refractivity contribution in [2.75, 3.05) is 0 Å². The topological polar surface area (TPSA) is 45.8 Å². The number of pyridine rings is 2. The largest absolute Gasteiger partial charge is 0.322 e. The molecule has 3 aromatic rings. The van der Waals surface area contributed by atoms with Crippen molar-refractivity contribution < 1.29 is 0 Å². The molecule has 2 heterocycles. The molecule has 0 aliphatic rings. The lowest BCUT2D eigenvalue weighted by Crippen LogP contribution is -2.04. The van der Waals surface area contributed by atoms with E-state index in [0.29, 0.717) is 5.75 Å². The number of nitrogens with one attached hydrogen (secondary N) is 1. The highest BCUT2D eigenvalue weighted by Gasteiger charge is 2.08. The van der Waals surface area contributed by atoms with Gasteiger partial charge >= 0.3 is 0 Å². The molecule has 0 saturated heterocycles. The van der Waals surface area contributed by atoms with Crippen LogP contribution in [0.2, 0.25) is 0 Å². The van der Waals surface area contributed by atoms with Gasteiger partial charge in [0.05, 0.1) is 5.52 Å². The maximum atomic E-state index is 11.5.